The molecule has 1 fully saturated rings. The van der Waals surface area contributed by atoms with Crippen LogP contribution >= 0.6 is 0 Å². The maximum atomic E-state index is 13.3. The first-order valence-corrected chi connectivity index (χ1v) is 12.2. The first-order valence-electron chi connectivity index (χ1n) is 12.2. The zero-order chi connectivity index (χ0) is 25.7. The topological polar surface area (TPSA) is 88.5 Å². The number of carbonyl (C=O) groups is 2. The molecular weight excluding hydrogens is 460 g/mol. The van der Waals surface area contributed by atoms with Crippen molar-refractivity contribution >= 4 is 17.4 Å². The van der Waals surface area contributed by atoms with Gasteiger partial charge in [0.05, 0.1) is 11.6 Å². The van der Waals surface area contributed by atoms with Gasteiger partial charge in [0.2, 0.25) is 0 Å². The summed E-state index contributed by atoms with van der Waals surface area (Å²) in [6, 6.07) is 11.5. The number of ketones is 1. The predicted molar refractivity (Wildman–Crippen MR) is 136 cm³/mol. The highest BCUT2D eigenvalue weighted by atomic mass is 16.6. The first kappa shape index (κ1) is 25.3. The zero-order valence-corrected chi connectivity index (χ0v) is 20.7. The first-order chi connectivity index (χ1) is 17.5. The van der Waals surface area contributed by atoms with E-state index in [0.29, 0.717) is 61.3 Å². The molecule has 0 spiro atoms. The standard InChI is InChI=1S/C28H32N2O6/c1-4-14-34-21-9-7-8-19(17-21)25-24(27(32)28(33)30(25)13-12-29(5-2)6-3)26(31)20-10-11-22-23(18-20)36-16-15-35-22/h4,7-11,17-18,25,31H,1,5-6,12-16H2,2-3H3/b26-24-. The highest BCUT2D eigenvalue weighted by Gasteiger charge is 2.46. The number of Topliss-reactive ketones (excluding diaryl/α,β-unsaturated/α-hetero) is 1. The van der Waals surface area contributed by atoms with E-state index in [1.54, 1.807) is 36.4 Å². The van der Waals surface area contributed by atoms with Crippen molar-refractivity contribution in [3.05, 3.63) is 71.8 Å². The largest absolute Gasteiger partial charge is 0.507 e. The number of carbonyl (C=O) groups excluding carboxylic acids is 2. The van der Waals surface area contributed by atoms with Gasteiger partial charge >= 0.3 is 0 Å². The van der Waals surface area contributed by atoms with Crippen molar-refractivity contribution in [3.8, 4) is 17.2 Å². The Morgan fingerprint density at radius 3 is 2.61 bits per heavy atom. The lowest BCUT2D eigenvalue weighted by molar-refractivity contribution is -0.140. The van der Waals surface area contributed by atoms with Crippen molar-refractivity contribution < 1.29 is 28.9 Å². The molecule has 1 amide bonds. The van der Waals surface area contributed by atoms with Gasteiger partial charge in [0.15, 0.2) is 11.5 Å². The fraction of sp³-hybridized carbons (Fsp3) is 0.357. The van der Waals surface area contributed by atoms with E-state index in [1.807, 2.05) is 12.1 Å². The molecule has 2 aromatic rings. The molecule has 190 valence electrons. The predicted octanol–water partition coefficient (Wildman–Crippen LogP) is 3.79. The van der Waals surface area contributed by atoms with E-state index in [1.165, 1.54) is 4.90 Å². The van der Waals surface area contributed by atoms with E-state index >= 15 is 0 Å². The SMILES string of the molecule is C=CCOc1cccc(C2/C(=C(/O)c3ccc4c(c3)OCCO4)C(=O)C(=O)N2CCN(CC)CC)c1. The van der Waals surface area contributed by atoms with Crippen molar-refractivity contribution in [2.75, 3.05) is 46.0 Å². The molecule has 1 atom stereocenters. The van der Waals surface area contributed by atoms with Crippen LogP contribution in [-0.4, -0.2) is 72.6 Å². The third-order valence-corrected chi connectivity index (χ3v) is 6.45. The van der Waals surface area contributed by atoms with Gasteiger partial charge in [0.25, 0.3) is 11.7 Å². The van der Waals surface area contributed by atoms with Crippen LogP contribution in [0, 0.1) is 0 Å². The Labute approximate surface area is 211 Å². The average Bonchev–Trinajstić information content (AvgIpc) is 3.17. The second kappa shape index (κ2) is 11.3. The Morgan fingerprint density at radius 2 is 1.89 bits per heavy atom. The van der Waals surface area contributed by atoms with Crippen LogP contribution in [0.15, 0.2) is 60.7 Å². The van der Waals surface area contributed by atoms with Crippen molar-refractivity contribution in [2.45, 2.75) is 19.9 Å². The molecule has 2 aromatic carbocycles. The van der Waals surface area contributed by atoms with Crippen LogP contribution in [0.25, 0.3) is 5.76 Å². The fourth-order valence-corrected chi connectivity index (χ4v) is 4.52. The number of ether oxygens (including phenoxy) is 3. The highest BCUT2D eigenvalue weighted by Crippen LogP contribution is 2.41. The summed E-state index contributed by atoms with van der Waals surface area (Å²) in [5.74, 6) is 0.0330. The lowest BCUT2D eigenvalue weighted by atomic mass is 9.95. The van der Waals surface area contributed by atoms with Gasteiger partial charge in [-0.15, -0.1) is 0 Å². The zero-order valence-electron chi connectivity index (χ0n) is 20.7. The molecule has 0 radical (unpaired) electrons. The van der Waals surface area contributed by atoms with Crippen molar-refractivity contribution in [2.24, 2.45) is 0 Å². The Kier molecular flexibility index (Phi) is 7.95. The number of hydrogen-bond donors (Lipinski definition) is 1. The number of likely N-dealkylation sites (N-methyl/N-ethyl adjacent to an activating group) is 1. The second-order valence-corrected chi connectivity index (χ2v) is 8.55. The number of likely N-dealkylation sites (tertiary alicyclic amines) is 1. The van der Waals surface area contributed by atoms with Crippen LogP contribution in [0.1, 0.15) is 31.0 Å². The summed E-state index contributed by atoms with van der Waals surface area (Å²) in [4.78, 5) is 30.3. The third-order valence-electron chi connectivity index (χ3n) is 6.45. The fourth-order valence-electron chi connectivity index (χ4n) is 4.52. The van der Waals surface area contributed by atoms with E-state index in [0.717, 1.165) is 13.1 Å². The molecule has 8 heteroatoms. The third kappa shape index (κ3) is 5.09. The lowest BCUT2D eigenvalue weighted by Crippen LogP contribution is -2.38. The number of fused-ring (bicyclic) bond motifs is 1. The summed E-state index contributed by atoms with van der Waals surface area (Å²) in [6.45, 7) is 11.5. The summed E-state index contributed by atoms with van der Waals surface area (Å²) >= 11 is 0. The maximum Gasteiger partial charge on any atom is 0.295 e. The highest BCUT2D eigenvalue weighted by molar-refractivity contribution is 6.46. The minimum Gasteiger partial charge on any atom is -0.507 e. The maximum absolute atomic E-state index is 13.3. The summed E-state index contributed by atoms with van der Waals surface area (Å²) in [6.07, 6.45) is 1.64. The van der Waals surface area contributed by atoms with Crippen LogP contribution in [0.4, 0.5) is 0 Å². The molecule has 36 heavy (non-hydrogen) atoms. The van der Waals surface area contributed by atoms with Crippen molar-refractivity contribution in [3.63, 3.8) is 0 Å². The molecule has 0 aromatic heterocycles. The minimum absolute atomic E-state index is 0.0390. The number of benzene rings is 2. The number of aliphatic hydroxyl groups is 1. The molecular formula is C28H32N2O6. The smallest absolute Gasteiger partial charge is 0.295 e. The van der Waals surface area contributed by atoms with Crippen LogP contribution in [-0.2, 0) is 9.59 Å². The number of aliphatic hydroxyl groups excluding tert-OH is 1. The second-order valence-electron chi connectivity index (χ2n) is 8.55. The Morgan fingerprint density at radius 1 is 1.14 bits per heavy atom. The van der Waals surface area contributed by atoms with Gasteiger partial charge in [-0.2, -0.15) is 0 Å². The van der Waals surface area contributed by atoms with Gasteiger partial charge in [-0.05, 0) is 49.0 Å². The molecule has 0 bridgehead atoms. The molecule has 2 aliphatic heterocycles. The summed E-state index contributed by atoms with van der Waals surface area (Å²) in [5.41, 5.74) is 1.09. The van der Waals surface area contributed by atoms with Gasteiger partial charge in [0, 0.05) is 18.7 Å². The molecule has 8 nitrogen and oxygen atoms in total. The molecule has 0 aliphatic carbocycles. The van der Waals surface area contributed by atoms with Gasteiger partial charge in [-0.3, -0.25) is 9.59 Å². The van der Waals surface area contributed by atoms with Crippen molar-refractivity contribution in [1.29, 1.82) is 0 Å². The van der Waals surface area contributed by atoms with Gasteiger partial charge in [-0.25, -0.2) is 0 Å². The van der Waals surface area contributed by atoms with Gasteiger partial charge < -0.3 is 29.1 Å². The van der Waals surface area contributed by atoms with Crippen LogP contribution in [0.5, 0.6) is 17.2 Å². The number of hydrogen-bond acceptors (Lipinski definition) is 7. The van der Waals surface area contributed by atoms with Gasteiger partial charge in [-0.1, -0.05) is 38.6 Å². The Balaban J connectivity index is 1.79. The van der Waals surface area contributed by atoms with Crippen LogP contribution in [0.3, 0.4) is 0 Å². The van der Waals surface area contributed by atoms with E-state index < -0.39 is 17.7 Å². The van der Waals surface area contributed by atoms with E-state index in [4.69, 9.17) is 14.2 Å². The molecule has 2 aliphatic rings. The number of amides is 1. The normalized spacial score (nSPS) is 18.5. The summed E-state index contributed by atoms with van der Waals surface area (Å²) < 4.78 is 16.9. The average molecular weight is 493 g/mol. The monoisotopic (exact) mass is 492 g/mol. The summed E-state index contributed by atoms with van der Waals surface area (Å²) in [7, 11) is 0. The minimum atomic E-state index is -0.763. The lowest BCUT2D eigenvalue weighted by Gasteiger charge is -2.28. The molecule has 0 saturated carbocycles. The number of rotatable bonds is 10. The molecule has 2 heterocycles. The Hall–Kier alpha value is -3.78. The van der Waals surface area contributed by atoms with E-state index in [2.05, 4.69) is 25.3 Å². The van der Waals surface area contributed by atoms with E-state index in [9.17, 15) is 14.7 Å². The van der Waals surface area contributed by atoms with Crippen LogP contribution in [0.2, 0.25) is 0 Å². The summed E-state index contributed by atoms with van der Waals surface area (Å²) in [5, 5.41) is 11.4. The van der Waals surface area contributed by atoms with Crippen LogP contribution < -0.4 is 14.2 Å². The molecule has 1 unspecified atom stereocenters. The van der Waals surface area contributed by atoms with Gasteiger partial charge in [0.1, 0.15) is 31.3 Å². The quantitative estimate of drug-likeness (QED) is 0.234. The van der Waals surface area contributed by atoms with Crippen molar-refractivity contribution in [1.82, 2.24) is 9.80 Å². The molecule has 1 N–H and O–H groups in total. The number of nitrogens with zero attached hydrogens (tertiary/aromatic N) is 2. The Bertz CT molecular complexity index is 1170. The molecule has 1 saturated heterocycles. The van der Waals surface area contributed by atoms with E-state index in [-0.39, 0.29) is 11.3 Å². The molecule has 4 rings (SSSR count).